The van der Waals surface area contributed by atoms with Gasteiger partial charge in [0.1, 0.15) is 4.58 Å². The van der Waals surface area contributed by atoms with Gasteiger partial charge in [0.25, 0.3) is 0 Å². The summed E-state index contributed by atoms with van der Waals surface area (Å²) >= 11 is 0. The van der Waals surface area contributed by atoms with Crippen LogP contribution < -0.4 is 0 Å². The Morgan fingerprint density at radius 2 is 1.24 bits per heavy atom. The number of aliphatic hydroxyl groups excluding tert-OH is 1. The highest BCUT2D eigenvalue weighted by molar-refractivity contribution is 8.03. The monoisotopic (exact) mass is 378 g/mol. The Kier molecular flexibility index (Phi) is 7.54. The van der Waals surface area contributed by atoms with Gasteiger partial charge in [-0.3, -0.25) is 8.42 Å². The van der Waals surface area contributed by atoms with Gasteiger partial charge < -0.3 is 5.11 Å². The molecule has 2 rings (SSSR count). The molecule has 5 heteroatoms. The van der Waals surface area contributed by atoms with Crippen LogP contribution in [0.1, 0.15) is 37.3 Å². The Morgan fingerprint density at radius 1 is 0.840 bits per heavy atom. The van der Waals surface area contributed by atoms with Crippen molar-refractivity contribution in [2.45, 2.75) is 60.5 Å². The molecule has 0 radical (unpaired) electrons. The van der Waals surface area contributed by atoms with Crippen LogP contribution in [0.5, 0.6) is 0 Å². The van der Waals surface area contributed by atoms with Crippen LogP contribution in [-0.2, 0) is 21.6 Å². The van der Waals surface area contributed by atoms with E-state index < -0.39 is 32.3 Å². The predicted octanol–water partition coefficient (Wildman–Crippen LogP) is 4.10. The second-order valence-electron chi connectivity index (χ2n) is 6.30. The molecule has 0 heterocycles. The lowest BCUT2D eigenvalue weighted by Gasteiger charge is -2.22. The Morgan fingerprint density at radius 3 is 1.60 bits per heavy atom. The summed E-state index contributed by atoms with van der Waals surface area (Å²) in [7, 11) is -3.10. The van der Waals surface area contributed by atoms with Gasteiger partial charge in [-0.05, 0) is 44.5 Å². The highest BCUT2D eigenvalue weighted by Gasteiger charge is 2.33. The average Bonchev–Trinajstić information content (AvgIpc) is 2.61. The molecule has 3 atom stereocenters. The van der Waals surface area contributed by atoms with Gasteiger partial charge in [0.05, 0.1) is 27.7 Å². The Labute approximate surface area is 155 Å². The fourth-order valence-electron chi connectivity index (χ4n) is 2.53. The molecule has 2 unspecified atom stereocenters. The van der Waals surface area contributed by atoms with Gasteiger partial charge in [-0.15, -0.1) is 0 Å². The van der Waals surface area contributed by atoms with Gasteiger partial charge in [-0.2, -0.15) is 0 Å². The summed E-state index contributed by atoms with van der Waals surface area (Å²) in [6, 6.07) is 14.7. The van der Waals surface area contributed by atoms with Crippen LogP contribution in [-0.4, -0.2) is 24.2 Å². The summed E-state index contributed by atoms with van der Waals surface area (Å²) in [4.78, 5) is 1.21. The Balaban J connectivity index is 2.34. The first-order valence-corrected chi connectivity index (χ1v) is 11.0. The van der Waals surface area contributed by atoms with E-state index in [4.69, 9.17) is 0 Å². The first kappa shape index (κ1) is 20.0. The van der Waals surface area contributed by atoms with Crippen molar-refractivity contribution in [2.24, 2.45) is 0 Å². The SMILES string of the molecule is CCCC[C@@H](O)C(S(=O)c1ccc(C)cc1)S(=O)c1ccc(C)cc1. The third-order valence-corrected chi connectivity index (χ3v) is 8.09. The number of rotatable bonds is 8. The molecule has 25 heavy (non-hydrogen) atoms. The Bertz CT molecular complexity index is 666. The van der Waals surface area contributed by atoms with E-state index in [1.54, 1.807) is 24.3 Å². The zero-order valence-electron chi connectivity index (χ0n) is 15.0. The number of unbranched alkanes of at least 4 members (excludes halogenated alkanes) is 1. The molecule has 0 amide bonds. The van der Waals surface area contributed by atoms with Crippen molar-refractivity contribution in [3.05, 3.63) is 59.7 Å². The third-order valence-electron chi connectivity index (χ3n) is 4.10. The molecule has 3 nitrogen and oxygen atoms in total. The minimum absolute atomic E-state index is 0.496. The van der Waals surface area contributed by atoms with Gasteiger partial charge >= 0.3 is 0 Å². The van der Waals surface area contributed by atoms with Gasteiger partial charge in [0.15, 0.2) is 0 Å². The van der Waals surface area contributed by atoms with Crippen LogP contribution in [0.4, 0.5) is 0 Å². The zero-order chi connectivity index (χ0) is 18.4. The molecule has 136 valence electrons. The highest BCUT2D eigenvalue weighted by atomic mass is 32.2. The molecular weight excluding hydrogens is 352 g/mol. The summed E-state index contributed by atoms with van der Waals surface area (Å²) in [5, 5.41) is 10.6. The third kappa shape index (κ3) is 5.33. The summed E-state index contributed by atoms with van der Waals surface area (Å²) in [5.41, 5.74) is 2.15. The number of aryl methyl sites for hydroxylation is 2. The van der Waals surface area contributed by atoms with Crippen molar-refractivity contribution < 1.29 is 13.5 Å². The van der Waals surface area contributed by atoms with Crippen LogP contribution in [0.2, 0.25) is 0 Å². The van der Waals surface area contributed by atoms with Crippen LogP contribution in [0.15, 0.2) is 58.3 Å². The molecule has 0 bridgehead atoms. The number of hydrogen-bond acceptors (Lipinski definition) is 3. The lowest BCUT2D eigenvalue weighted by atomic mass is 10.2. The number of hydrogen-bond donors (Lipinski definition) is 1. The molecule has 0 aliphatic heterocycles. The lowest BCUT2D eigenvalue weighted by molar-refractivity contribution is 0.176. The summed E-state index contributed by atoms with van der Waals surface area (Å²) in [5.74, 6) is 0. The number of benzene rings is 2. The van der Waals surface area contributed by atoms with E-state index in [1.165, 1.54) is 0 Å². The van der Waals surface area contributed by atoms with Gasteiger partial charge in [-0.1, -0.05) is 55.2 Å². The van der Waals surface area contributed by atoms with Crippen LogP contribution in [0.25, 0.3) is 0 Å². The van der Waals surface area contributed by atoms with Crippen LogP contribution in [0, 0.1) is 13.8 Å². The van der Waals surface area contributed by atoms with E-state index in [0.29, 0.717) is 16.2 Å². The van der Waals surface area contributed by atoms with Crippen molar-refractivity contribution in [3.63, 3.8) is 0 Å². The van der Waals surface area contributed by atoms with E-state index in [0.717, 1.165) is 24.0 Å². The first-order valence-electron chi connectivity index (χ1n) is 8.56. The van der Waals surface area contributed by atoms with E-state index in [2.05, 4.69) is 0 Å². The molecule has 0 aliphatic rings. The van der Waals surface area contributed by atoms with Crippen molar-refractivity contribution in [1.82, 2.24) is 0 Å². The minimum atomic E-state index is -1.55. The molecule has 1 N–H and O–H groups in total. The van der Waals surface area contributed by atoms with E-state index >= 15 is 0 Å². The van der Waals surface area contributed by atoms with E-state index in [9.17, 15) is 13.5 Å². The van der Waals surface area contributed by atoms with Crippen molar-refractivity contribution in [3.8, 4) is 0 Å². The molecule has 0 aromatic heterocycles. The van der Waals surface area contributed by atoms with Gasteiger partial charge in [0, 0.05) is 9.79 Å². The first-order chi connectivity index (χ1) is 11.9. The lowest BCUT2D eigenvalue weighted by Crippen LogP contribution is -2.34. The largest absolute Gasteiger partial charge is 0.391 e. The normalized spacial score (nSPS) is 16.2. The second kappa shape index (κ2) is 9.41. The predicted molar refractivity (Wildman–Crippen MR) is 104 cm³/mol. The average molecular weight is 379 g/mol. The minimum Gasteiger partial charge on any atom is -0.391 e. The fourth-order valence-corrected chi connectivity index (χ4v) is 6.02. The zero-order valence-corrected chi connectivity index (χ0v) is 16.6. The molecule has 0 fully saturated rings. The molecular formula is C20H26O3S2. The maximum atomic E-state index is 13.1. The molecule has 0 saturated heterocycles. The molecule has 2 aromatic rings. The summed E-state index contributed by atoms with van der Waals surface area (Å²) in [6.45, 7) is 5.96. The Hall–Kier alpha value is -1.30. The van der Waals surface area contributed by atoms with Gasteiger partial charge in [-0.25, -0.2) is 0 Å². The quantitative estimate of drug-likeness (QED) is 0.752. The van der Waals surface area contributed by atoms with Crippen molar-refractivity contribution in [2.75, 3.05) is 0 Å². The number of aliphatic hydroxyl groups is 1. The van der Waals surface area contributed by atoms with E-state index in [1.807, 2.05) is 45.0 Å². The second-order valence-corrected chi connectivity index (χ2v) is 9.75. The van der Waals surface area contributed by atoms with Crippen LogP contribution in [0.3, 0.4) is 0 Å². The fraction of sp³-hybridized carbons (Fsp3) is 0.400. The maximum absolute atomic E-state index is 13.1. The standard InChI is InChI=1S/C20H26O3S2/c1-4-5-6-19(21)20(24(22)17-11-7-15(2)8-12-17)25(23)18-13-9-16(3)10-14-18/h7-14,19-21H,4-6H2,1-3H3/t19-,20?,24?,25?/m1/s1. The summed E-state index contributed by atoms with van der Waals surface area (Å²) in [6.07, 6.45) is 1.37. The van der Waals surface area contributed by atoms with Crippen molar-refractivity contribution in [1.29, 1.82) is 0 Å². The van der Waals surface area contributed by atoms with Gasteiger partial charge in [0.2, 0.25) is 0 Å². The van der Waals surface area contributed by atoms with Crippen LogP contribution >= 0.6 is 0 Å². The topological polar surface area (TPSA) is 54.4 Å². The van der Waals surface area contributed by atoms with E-state index in [-0.39, 0.29) is 0 Å². The molecule has 0 aliphatic carbocycles. The molecule has 0 spiro atoms. The molecule has 2 aromatic carbocycles. The molecule has 0 saturated carbocycles. The smallest absolute Gasteiger partial charge is 0.145 e. The summed E-state index contributed by atoms with van der Waals surface area (Å²) < 4.78 is 25.4. The maximum Gasteiger partial charge on any atom is 0.145 e. The highest BCUT2D eigenvalue weighted by Crippen LogP contribution is 2.25. The van der Waals surface area contributed by atoms with Crippen molar-refractivity contribution >= 4 is 21.6 Å².